The average molecular weight is 339 g/mol. The molecule has 6 heteroatoms. The first-order valence-corrected chi connectivity index (χ1v) is 6.95. The van der Waals surface area contributed by atoms with Crippen LogP contribution >= 0.6 is 15.9 Å². The Morgan fingerprint density at radius 1 is 1.37 bits per heavy atom. The molecule has 1 aromatic carbocycles. The minimum atomic E-state index is -4.47. The molecule has 0 aliphatic rings. The second kappa shape index (κ2) is 6.93. The number of halogens is 4. The molecule has 0 radical (unpaired) electrons. The highest BCUT2D eigenvalue weighted by Crippen LogP contribution is 2.33. The summed E-state index contributed by atoms with van der Waals surface area (Å²) < 4.78 is 43.5. The largest absolute Gasteiger partial charge is 0.462 e. The Morgan fingerprint density at radius 3 is 2.58 bits per heavy atom. The highest BCUT2D eigenvalue weighted by molar-refractivity contribution is 9.09. The van der Waals surface area contributed by atoms with Crippen molar-refractivity contribution < 1.29 is 22.7 Å². The third-order valence-electron chi connectivity index (χ3n) is 2.51. The van der Waals surface area contributed by atoms with Gasteiger partial charge in [0.2, 0.25) is 0 Å². The maximum Gasteiger partial charge on any atom is 0.416 e. The predicted molar refractivity (Wildman–Crippen MR) is 69.5 cm³/mol. The lowest BCUT2D eigenvalue weighted by Gasteiger charge is -2.14. The first kappa shape index (κ1) is 16.0. The molecule has 0 unspecified atom stereocenters. The molecule has 1 rings (SSSR count). The molecule has 19 heavy (non-hydrogen) atoms. The van der Waals surface area contributed by atoms with Crippen LogP contribution in [0.25, 0.3) is 0 Å². The van der Waals surface area contributed by atoms with Crippen LogP contribution in [0.15, 0.2) is 18.2 Å². The molecule has 0 saturated heterocycles. The summed E-state index contributed by atoms with van der Waals surface area (Å²) in [7, 11) is 0. The number of carbonyl (C=O) groups is 1. The number of hydrogen-bond acceptors (Lipinski definition) is 2. The molecule has 0 spiro atoms. The summed E-state index contributed by atoms with van der Waals surface area (Å²) in [5.41, 5.74) is -0.643. The minimum absolute atomic E-state index is 0.0724. The van der Waals surface area contributed by atoms with Crippen LogP contribution in [0.1, 0.15) is 34.8 Å². The Kier molecular flexibility index (Phi) is 5.85. The Bertz CT molecular complexity index is 444. The van der Waals surface area contributed by atoms with Crippen LogP contribution in [0.3, 0.4) is 0 Å². The molecule has 0 atom stereocenters. The second-order valence-electron chi connectivity index (χ2n) is 3.88. The van der Waals surface area contributed by atoms with Gasteiger partial charge in [-0.05, 0) is 37.5 Å². The van der Waals surface area contributed by atoms with E-state index in [0.29, 0.717) is 18.2 Å². The molecule has 0 fully saturated rings. The van der Waals surface area contributed by atoms with Crippen LogP contribution in [-0.4, -0.2) is 17.9 Å². The van der Waals surface area contributed by atoms with Gasteiger partial charge in [0, 0.05) is 5.33 Å². The molecular formula is C13H14BrF3O2. The normalized spacial score (nSPS) is 11.4. The van der Waals surface area contributed by atoms with E-state index in [4.69, 9.17) is 4.74 Å². The fourth-order valence-electron chi connectivity index (χ4n) is 1.66. The first-order valence-electron chi connectivity index (χ1n) is 5.83. The summed E-state index contributed by atoms with van der Waals surface area (Å²) in [5.74, 6) is -0.736. The molecule has 0 saturated carbocycles. The second-order valence-corrected chi connectivity index (χ2v) is 4.68. The number of aryl methyl sites for hydroxylation is 1. The van der Waals surface area contributed by atoms with E-state index in [1.165, 1.54) is 12.1 Å². The van der Waals surface area contributed by atoms with Crippen LogP contribution < -0.4 is 0 Å². The van der Waals surface area contributed by atoms with Crippen molar-refractivity contribution in [3.8, 4) is 0 Å². The van der Waals surface area contributed by atoms with E-state index in [-0.39, 0.29) is 17.7 Å². The lowest BCUT2D eigenvalue weighted by molar-refractivity contribution is -0.138. The first-order chi connectivity index (χ1) is 8.90. The maximum atomic E-state index is 12.9. The molecule has 0 aliphatic heterocycles. The van der Waals surface area contributed by atoms with Crippen LogP contribution in [0.2, 0.25) is 0 Å². The number of benzene rings is 1. The van der Waals surface area contributed by atoms with E-state index < -0.39 is 17.7 Å². The lowest BCUT2D eigenvalue weighted by atomic mass is 10.00. The highest BCUT2D eigenvalue weighted by atomic mass is 79.9. The van der Waals surface area contributed by atoms with Gasteiger partial charge in [0.05, 0.1) is 17.7 Å². The molecule has 0 heterocycles. The minimum Gasteiger partial charge on any atom is -0.462 e. The summed E-state index contributed by atoms with van der Waals surface area (Å²) in [6.07, 6.45) is -3.56. The van der Waals surface area contributed by atoms with Crippen LogP contribution in [0.4, 0.5) is 13.2 Å². The van der Waals surface area contributed by atoms with Gasteiger partial charge in [-0.3, -0.25) is 0 Å². The van der Waals surface area contributed by atoms with Gasteiger partial charge >= 0.3 is 12.1 Å². The van der Waals surface area contributed by atoms with Crippen LogP contribution in [0, 0.1) is 0 Å². The van der Waals surface area contributed by atoms with Crippen molar-refractivity contribution in [2.45, 2.75) is 25.9 Å². The molecule has 0 bridgehead atoms. The highest BCUT2D eigenvalue weighted by Gasteiger charge is 2.33. The Hall–Kier alpha value is -1.04. The fraction of sp³-hybridized carbons (Fsp3) is 0.462. The van der Waals surface area contributed by atoms with Crippen molar-refractivity contribution in [1.29, 1.82) is 0 Å². The van der Waals surface area contributed by atoms with Crippen molar-refractivity contribution in [3.05, 3.63) is 34.9 Å². The molecule has 2 nitrogen and oxygen atoms in total. The third-order valence-corrected chi connectivity index (χ3v) is 3.07. The van der Waals surface area contributed by atoms with Gasteiger partial charge < -0.3 is 4.74 Å². The maximum absolute atomic E-state index is 12.9. The molecule has 0 N–H and O–H groups in total. The van der Waals surface area contributed by atoms with E-state index in [2.05, 4.69) is 15.9 Å². The smallest absolute Gasteiger partial charge is 0.416 e. The Morgan fingerprint density at radius 2 is 2.05 bits per heavy atom. The van der Waals surface area contributed by atoms with Crippen molar-refractivity contribution in [2.24, 2.45) is 0 Å². The van der Waals surface area contributed by atoms with Gasteiger partial charge in [-0.1, -0.05) is 22.0 Å². The number of alkyl halides is 4. The van der Waals surface area contributed by atoms with Crippen LogP contribution in [0.5, 0.6) is 0 Å². The summed E-state index contributed by atoms with van der Waals surface area (Å²) in [6, 6.07) is 3.58. The molecule has 1 aromatic rings. The predicted octanol–water partition coefficient (Wildman–Crippen LogP) is 4.21. The van der Waals surface area contributed by atoms with Crippen molar-refractivity contribution in [1.82, 2.24) is 0 Å². The van der Waals surface area contributed by atoms with Gasteiger partial charge in [0.25, 0.3) is 0 Å². The van der Waals surface area contributed by atoms with Crippen molar-refractivity contribution in [3.63, 3.8) is 0 Å². The molecular weight excluding hydrogens is 325 g/mol. The quantitative estimate of drug-likeness (QED) is 0.593. The lowest BCUT2D eigenvalue weighted by Crippen LogP contribution is -2.13. The topological polar surface area (TPSA) is 26.3 Å². The number of hydrogen-bond donors (Lipinski definition) is 0. The Labute approximate surface area is 118 Å². The number of carbonyl (C=O) groups excluding carboxylic acids is 1. The van der Waals surface area contributed by atoms with Gasteiger partial charge in [-0.2, -0.15) is 13.2 Å². The Balaban J connectivity index is 3.12. The van der Waals surface area contributed by atoms with E-state index in [1.807, 2.05) is 0 Å². The zero-order valence-corrected chi connectivity index (χ0v) is 12.0. The molecule has 106 valence electrons. The fourth-order valence-corrected chi connectivity index (χ4v) is 1.94. The van der Waals surface area contributed by atoms with Crippen LogP contribution in [-0.2, 0) is 17.3 Å². The molecule has 0 amide bonds. The van der Waals surface area contributed by atoms with Crippen molar-refractivity contribution >= 4 is 21.9 Å². The zero-order valence-electron chi connectivity index (χ0n) is 10.4. The summed E-state index contributed by atoms with van der Waals surface area (Å²) in [5, 5.41) is 0.629. The monoisotopic (exact) mass is 338 g/mol. The zero-order chi connectivity index (χ0) is 14.5. The van der Waals surface area contributed by atoms with E-state index >= 15 is 0 Å². The summed E-state index contributed by atoms with van der Waals surface area (Å²) >= 11 is 3.18. The van der Waals surface area contributed by atoms with Gasteiger partial charge in [0.15, 0.2) is 0 Å². The van der Waals surface area contributed by atoms with Gasteiger partial charge in [-0.25, -0.2) is 4.79 Å². The summed E-state index contributed by atoms with van der Waals surface area (Å²) in [4.78, 5) is 11.5. The van der Waals surface area contributed by atoms with Gasteiger partial charge in [-0.15, -0.1) is 0 Å². The summed E-state index contributed by atoms with van der Waals surface area (Å²) in [6.45, 7) is 1.73. The molecule has 0 aromatic heterocycles. The SMILES string of the molecule is CCOC(=O)c1ccc(CCCBr)c(C(F)(F)F)c1. The van der Waals surface area contributed by atoms with E-state index in [0.717, 1.165) is 6.07 Å². The van der Waals surface area contributed by atoms with E-state index in [9.17, 15) is 18.0 Å². The standard InChI is InChI=1S/C13H14BrF3O2/c1-2-19-12(18)10-6-5-9(4-3-7-14)11(8-10)13(15,16)17/h5-6,8H,2-4,7H2,1H3. The molecule has 0 aliphatic carbocycles. The van der Waals surface area contributed by atoms with E-state index in [1.54, 1.807) is 6.92 Å². The van der Waals surface area contributed by atoms with Gasteiger partial charge in [0.1, 0.15) is 0 Å². The average Bonchev–Trinajstić information content (AvgIpc) is 2.35. The number of rotatable bonds is 5. The number of esters is 1. The third kappa shape index (κ3) is 4.53. The number of ether oxygens (including phenoxy) is 1. The van der Waals surface area contributed by atoms with Crippen molar-refractivity contribution in [2.75, 3.05) is 11.9 Å².